The standard InChI is InChI=1S/4C23H28ClN3O5S/c4*1-32-21-12-9-17(24)15-20(21)22(28)25-14-13-16-7-10-19(11-8-16)33(30,31)27-23(29)26-18-5-3-2-4-6-18/h4*7-12,15,18H,2-6,13-14H2,1H3,(H,25,28)(H2,26,27,29). The summed E-state index contributed by atoms with van der Waals surface area (Å²) in [6, 6.07) is 41.2. The van der Waals surface area contributed by atoms with Gasteiger partial charge in [0.05, 0.1) is 70.3 Å². The minimum atomic E-state index is -3.97. The highest BCUT2D eigenvalue weighted by molar-refractivity contribution is 7.91. The smallest absolute Gasteiger partial charge is 0.328 e. The molecule has 40 heteroatoms. The Morgan fingerprint density at radius 1 is 0.265 bits per heavy atom. The SMILES string of the molecule is COc1ccc(Cl)cc1C(=O)NCCc1ccc(S(=O)(=O)NC(=O)NC2CCCCC2)cc1.COc1ccc(Cl)cc1C(=O)NCCc1ccc(S(=O)(=O)NC(=O)NC2CCCCC2)cc1.COc1ccc(Cl)cc1C(=O)NCCc1ccc(S(=O)(=O)NC(=O)NC2CCCCC2)cc1.COc1ccc(Cl)cc1C(=O)NCCc1ccc(S(=O)(=O)NC(=O)NC2CCCCC2)cc1. The van der Waals surface area contributed by atoms with Crippen LogP contribution in [-0.2, 0) is 65.8 Å². The van der Waals surface area contributed by atoms with Crippen molar-refractivity contribution in [2.45, 2.75) is 198 Å². The van der Waals surface area contributed by atoms with Crippen LogP contribution < -0.4 is 80.4 Å². The summed E-state index contributed by atoms with van der Waals surface area (Å²) in [5, 5.41) is 23.8. The number of methoxy groups -OCH3 is 4. The van der Waals surface area contributed by atoms with Gasteiger partial charge >= 0.3 is 24.1 Å². The lowest BCUT2D eigenvalue weighted by Gasteiger charge is -2.22. The first-order valence-corrected chi connectivity index (χ1v) is 50.7. The molecule has 4 aliphatic rings. The molecule has 0 unspecified atom stereocenters. The number of nitrogens with one attached hydrogen (secondary N) is 12. The minimum absolute atomic E-state index is 0.00209. The van der Waals surface area contributed by atoms with E-state index >= 15 is 0 Å². The molecule has 0 radical (unpaired) electrons. The molecule has 0 aromatic heterocycles. The van der Waals surface area contributed by atoms with Crippen molar-refractivity contribution >= 4 is 134 Å². The van der Waals surface area contributed by atoms with E-state index in [9.17, 15) is 72.0 Å². The maximum absolute atomic E-state index is 12.5. The van der Waals surface area contributed by atoms with Crippen LogP contribution in [0.25, 0.3) is 0 Å². The first kappa shape index (κ1) is 105. The average Bonchev–Trinajstić information content (AvgIpc) is 0.839. The molecule has 8 aromatic carbocycles. The van der Waals surface area contributed by atoms with E-state index in [4.69, 9.17) is 65.4 Å². The van der Waals surface area contributed by atoms with Gasteiger partial charge < -0.3 is 61.5 Å². The molecular formula is C92H112Cl4N12O20S4. The first-order chi connectivity index (χ1) is 63.1. The van der Waals surface area contributed by atoms with Gasteiger partial charge in [-0.25, -0.2) is 71.7 Å². The Hall–Kier alpha value is -11.1. The van der Waals surface area contributed by atoms with Crippen LogP contribution in [0.1, 0.15) is 192 Å². The maximum atomic E-state index is 12.5. The summed E-state index contributed by atoms with van der Waals surface area (Å²) in [6.07, 6.45) is 21.7. The molecule has 712 valence electrons. The number of ether oxygens (including phenoxy) is 4. The largest absolute Gasteiger partial charge is 0.496 e. The number of amides is 12. The lowest BCUT2D eigenvalue weighted by molar-refractivity contribution is 0.0942. The highest BCUT2D eigenvalue weighted by atomic mass is 35.5. The molecule has 32 nitrogen and oxygen atoms in total. The van der Waals surface area contributed by atoms with E-state index in [1.807, 2.05) is 0 Å². The van der Waals surface area contributed by atoms with Gasteiger partial charge in [0.2, 0.25) is 0 Å². The highest BCUT2D eigenvalue weighted by Gasteiger charge is 2.28. The Balaban J connectivity index is 0.000000198. The molecule has 8 aromatic rings. The van der Waals surface area contributed by atoms with Gasteiger partial charge in [-0.2, -0.15) is 0 Å². The van der Waals surface area contributed by atoms with Crippen molar-refractivity contribution < 1.29 is 91.0 Å². The fraction of sp³-hybridized carbons (Fsp3) is 0.391. The lowest BCUT2D eigenvalue weighted by Crippen LogP contribution is -2.45. The van der Waals surface area contributed by atoms with Crippen LogP contribution in [0.4, 0.5) is 19.2 Å². The number of rotatable bonds is 32. The second-order valence-electron chi connectivity index (χ2n) is 31.6. The van der Waals surface area contributed by atoms with Gasteiger partial charge in [0.15, 0.2) is 0 Å². The quantitative estimate of drug-likeness (QED) is 0.0186. The van der Waals surface area contributed by atoms with Crippen LogP contribution in [0.15, 0.2) is 189 Å². The summed E-state index contributed by atoms with van der Waals surface area (Å²) >= 11 is 23.9. The molecule has 0 spiro atoms. The van der Waals surface area contributed by atoms with E-state index in [1.54, 1.807) is 97.1 Å². The number of urea groups is 4. The third kappa shape index (κ3) is 33.9. The maximum Gasteiger partial charge on any atom is 0.328 e. The Kier molecular flexibility index (Phi) is 41.0. The van der Waals surface area contributed by atoms with Crippen molar-refractivity contribution in [3.05, 3.63) is 234 Å². The van der Waals surface area contributed by atoms with Crippen LogP contribution in [0.2, 0.25) is 20.1 Å². The van der Waals surface area contributed by atoms with Gasteiger partial charge in [0, 0.05) is 70.4 Å². The summed E-state index contributed by atoms with van der Waals surface area (Å²) in [7, 11) is -9.96. The summed E-state index contributed by atoms with van der Waals surface area (Å²) in [5.74, 6) is 0.419. The molecule has 12 rings (SSSR count). The first-order valence-electron chi connectivity index (χ1n) is 43.3. The minimum Gasteiger partial charge on any atom is -0.496 e. The molecule has 12 N–H and O–H groups in total. The van der Waals surface area contributed by atoms with Gasteiger partial charge in [-0.05, 0) is 221 Å². The molecule has 4 aliphatic carbocycles. The predicted molar refractivity (Wildman–Crippen MR) is 505 cm³/mol. The van der Waals surface area contributed by atoms with Gasteiger partial charge in [-0.1, -0.05) is 172 Å². The van der Waals surface area contributed by atoms with Crippen molar-refractivity contribution in [1.82, 2.24) is 61.4 Å². The Morgan fingerprint density at radius 3 is 0.606 bits per heavy atom. The molecule has 4 saturated carbocycles. The monoisotopic (exact) mass is 1970 g/mol. The van der Waals surface area contributed by atoms with E-state index in [0.29, 0.717) is 117 Å². The molecule has 132 heavy (non-hydrogen) atoms. The molecule has 0 heterocycles. The summed E-state index contributed by atoms with van der Waals surface area (Å²) in [4.78, 5) is 98.1. The van der Waals surface area contributed by atoms with Gasteiger partial charge in [-0.15, -0.1) is 0 Å². The number of hydrogen-bond acceptors (Lipinski definition) is 20. The number of benzene rings is 8. The summed E-state index contributed by atoms with van der Waals surface area (Å²) < 4.78 is 129. The molecule has 0 aliphatic heterocycles. The fourth-order valence-corrected chi connectivity index (χ4v) is 19.4. The Bertz CT molecular complexity index is 5040. The average molecular weight is 1980 g/mol. The van der Waals surface area contributed by atoms with Crippen molar-refractivity contribution in [2.75, 3.05) is 54.6 Å². The van der Waals surface area contributed by atoms with E-state index in [1.165, 1.54) is 101 Å². The molecule has 4 fully saturated rings. The molecule has 12 amide bonds. The number of carbonyl (C=O) groups is 8. The topological polar surface area (TPSA) is 454 Å². The van der Waals surface area contributed by atoms with Crippen LogP contribution >= 0.6 is 46.4 Å². The number of halogens is 4. The highest BCUT2D eigenvalue weighted by Crippen LogP contribution is 2.29. The van der Waals surface area contributed by atoms with Crippen molar-refractivity contribution in [1.29, 1.82) is 0 Å². The van der Waals surface area contributed by atoms with Crippen molar-refractivity contribution in [2.24, 2.45) is 0 Å². The second kappa shape index (κ2) is 51.8. The number of sulfonamides is 4. The zero-order chi connectivity index (χ0) is 95.4. The molecule has 0 atom stereocenters. The predicted octanol–water partition coefficient (Wildman–Crippen LogP) is 14.6. The fourth-order valence-electron chi connectivity index (χ4n) is 15.0. The summed E-state index contributed by atoms with van der Waals surface area (Å²) in [5.41, 5.74) is 4.68. The van der Waals surface area contributed by atoms with Crippen LogP contribution in [0.5, 0.6) is 23.0 Å². The third-order valence-electron chi connectivity index (χ3n) is 22.0. The van der Waals surface area contributed by atoms with Crippen LogP contribution in [-0.4, -0.2) is 160 Å². The molecule has 0 saturated heterocycles. The summed E-state index contributed by atoms with van der Waals surface area (Å²) in [6.45, 7) is 1.34. The lowest BCUT2D eigenvalue weighted by atomic mass is 9.96. The van der Waals surface area contributed by atoms with E-state index < -0.39 is 64.2 Å². The molecular weight excluding hydrogens is 1860 g/mol. The third-order valence-corrected chi connectivity index (χ3v) is 28.4. The molecule has 0 bridgehead atoms. The number of hydrogen-bond donors (Lipinski definition) is 12. The van der Waals surface area contributed by atoms with Crippen molar-refractivity contribution in [3.63, 3.8) is 0 Å². The number of carbonyl (C=O) groups excluding carboxylic acids is 8. The van der Waals surface area contributed by atoms with Crippen LogP contribution in [0.3, 0.4) is 0 Å². The zero-order valence-electron chi connectivity index (χ0n) is 73.6. The van der Waals surface area contributed by atoms with E-state index in [0.717, 1.165) is 151 Å². The van der Waals surface area contributed by atoms with Gasteiger partial charge in [0.25, 0.3) is 63.7 Å². The van der Waals surface area contributed by atoms with Crippen LogP contribution in [0, 0.1) is 0 Å². The normalized spacial score (nSPS) is 14.4. The van der Waals surface area contributed by atoms with Gasteiger partial charge in [0.1, 0.15) is 23.0 Å². The van der Waals surface area contributed by atoms with E-state index in [-0.39, 0.29) is 67.4 Å². The van der Waals surface area contributed by atoms with Crippen molar-refractivity contribution in [3.8, 4) is 23.0 Å². The second-order valence-corrected chi connectivity index (χ2v) is 40.1. The van der Waals surface area contributed by atoms with Gasteiger partial charge in [-0.3, -0.25) is 19.2 Å². The Labute approximate surface area is 790 Å². The zero-order valence-corrected chi connectivity index (χ0v) is 79.9. The van der Waals surface area contributed by atoms with E-state index in [2.05, 4.69) is 61.4 Å². The Morgan fingerprint density at radius 2 is 0.439 bits per heavy atom.